The van der Waals surface area contributed by atoms with E-state index in [4.69, 9.17) is 17.3 Å². The summed E-state index contributed by atoms with van der Waals surface area (Å²) in [4.78, 5) is 38.4. The predicted octanol–water partition coefficient (Wildman–Crippen LogP) is 3.24. The highest BCUT2D eigenvalue weighted by Crippen LogP contribution is 2.24. The summed E-state index contributed by atoms with van der Waals surface area (Å²) in [6.45, 7) is 2.97. The molecule has 3 amide bonds. The molecule has 1 fully saturated rings. The third-order valence-electron chi connectivity index (χ3n) is 4.88. The maximum atomic E-state index is 12.7. The van der Waals surface area contributed by atoms with Crippen LogP contribution in [-0.2, 0) is 4.79 Å². The van der Waals surface area contributed by atoms with Crippen LogP contribution in [0, 0.1) is 12.8 Å². The van der Waals surface area contributed by atoms with Crippen molar-refractivity contribution >= 4 is 35.0 Å². The summed E-state index contributed by atoms with van der Waals surface area (Å²) in [5.41, 5.74) is 7.64. The zero-order valence-electron chi connectivity index (χ0n) is 15.6. The maximum absolute atomic E-state index is 12.7. The summed E-state index contributed by atoms with van der Waals surface area (Å²) < 4.78 is 0. The molecule has 0 aromatic heterocycles. The molecule has 146 valence electrons. The fourth-order valence-corrected chi connectivity index (χ4v) is 3.57. The number of piperidine rings is 1. The second-order valence-electron chi connectivity index (χ2n) is 7.00. The number of hydrogen-bond donors (Lipinski definition) is 2. The van der Waals surface area contributed by atoms with E-state index >= 15 is 0 Å². The van der Waals surface area contributed by atoms with Crippen LogP contribution in [0.4, 0.5) is 5.69 Å². The van der Waals surface area contributed by atoms with Gasteiger partial charge in [-0.05, 0) is 50.1 Å². The molecule has 3 rings (SSSR count). The van der Waals surface area contributed by atoms with E-state index in [1.165, 1.54) is 12.1 Å². The summed E-state index contributed by atoms with van der Waals surface area (Å²) in [5, 5.41) is 3.00. The van der Waals surface area contributed by atoms with Gasteiger partial charge in [0.2, 0.25) is 11.8 Å². The van der Waals surface area contributed by atoms with Crippen molar-refractivity contribution < 1.29 is 14.4 Å². The third-order valence-corrected chi connectivity index (χ3v) is 5.19. The topological polar surface area (TPSA) is 92.5 Å². The van der Waals surface area contributed by atoms with Gasteiger partial charge in [0.15, 0.2) is 0 Å². The number of likely N-dealkylation sites (tertiary alicyclic amines) is 1. The Morgan fingerprint density at radius 2 is 1.86 bits per heavy atom. The Kier molecular flexibility index (Phi) is 5.99. The van der Waals surface area contributed by atoms with Gasteiger partial charge in [-0.15, -0.1) is 0 Å². The Hall–Kier alpha value is -2.86. The minimum Gasteiger partial charge on any atom is -0.366 e. The number of aryl methyl sites for hydroxylation is 1. The van der Waals surface area contributed by atoms with Crippen LogP contribution >= 0.6 is 11.6 Å². The van der Waals surface area contributed by atoms with Gasteiger partial charge < -0.3 is 16.0 Å². The quantitative estimate of drug-likeness (QED) is 0.826. The van der Waals surface area contributed by atoms with Crippen LogP contribution in [-0.4, -0.2) is 35.7 Å². The highest BCUT2D eigenvalue weighted by atomic mass is 35.5. The second-order valence-corrected chi connectivity index (χ2v) is 7.41. The van der Waals surface area contributed by atoms with Gasteiger partial charge in [0.1, 0.15) is 0 Å². The van der Waals surface area contributed by atoms with Crippen molar-refractivity contribution in [1.82, 2.24) is 4.90 Å². The number of primary amides is 1. The Morgan fingerprint density at radius 1 is 1.14 bits per heavy atom. The number of amides is 3. The molecule has 1 saturated heterocycles. The van der Waals surface area contributed by atoms with Crippen LogP contribution in [0.5, 0.6) is 0 Å². The van der Waals surface area contributed by atoms with E-state index in [0.29, 0.717) is 30.8 Å². The van der Waals surface area contributed by atoms with E-state index in [9.17, 15) is 14.4 Å². The third kappa shape index (κ3) is 4.51. The van der Waals surface area contributed by atoms with Crippen molar-refractivity contribution in [3.05, 3.63) is 64.2 Å². The van der Waals surface area contributed by atoms with Crippen LogP contribution in [0.25, 0.3) is 0 Å². The second kappa shape index (κ2) is 8.44. The summed E-state index contributed by atoms with van der Waals surface area (Å²) in [7, 11) is 0. The highest BCUT2D eigenvalue weighted by molar-refractivity contribution is 6.34. The van der Waals surface area contributed by atoms with Crippen LogP contribution in [0.3, 0.4) is 0 Å². The largest absolute Gasteiger partial charge is 0.366 e. The van der Waals surface area contributed by atoms with Crippen LogP contribution < -0.4 is 11.1 Å². The van der Waals surface area contributed by atoms with Gasteiger partial charge in [0.05, 0.1) is 16.5 Å². The van der Waals surface area contributed by atoms with Gasteiger partial charge in [-0.2, -0.15) is 0 Å². The van der Waals surface area contributed by atoms with Gasteiger partial charge in [0, 0.05) is 24.3 Å². The molecule has 0 spiro atoms. The number of hydrogen-bond acceptors (Lipinski definition) is 3. The van der Waals surface area contributed by atoms with E-state index in [1.807, 2.05) is 31.2 Å². The number of nitrogens with zero attached hydrogens (tertiary/aromatic N) is 1. The highest BCUT2D eigenvalue weighted by Gasteiger charge is 2.29. The van der Waals surface area contributed by atoms with Gasteiger partial charge in [-0.1, -0.05) is 29.3 Å². The molecule has 0 bridgehead atoms. The number of carbonyl (C=O) groups excluding carboxylic acids is 3. The van der Waals surface area contributed by atoms with E-state index in [2.05, 4.69) is 5.32 Å². The first-order valence-corrected chi connectivity index (χ1v) is 9.49. The van der Waals surface area contributed by atoms with E-state index < -0.39 is 5.91 Å². The molecule has 3 N–H and O–H groups in total. The van der Waals surface area contributed by atoms with Crippen molar-refractivity contribution in [2.45, 2.75) is 19.8 Å². The number of benzene rings is 2. The van der Waals surface area contributed by atoms with Crippen molar-refractivity contribution in [3.63, 3.8) is 0 Å². The number of halogens is 1. The Labute approximate surface area is 168 Å². The van der Waals surface area contributed by atoms with Crippen molar-refractivity contribution in [1.29, 1.82) is 0 Å². The van der Waals surface area contributed by atoms with E-state index in [-0.39, 0.29) is 28.3 Å². The van der Waals surface area contributed by atoms with Crippen molar-refractivity contribution in [2.75, 3.05) is 18.4 Å². The smallest absolute Gasteiger partial charge is 0.253 e. The summed E-state index contributed by atoms with van der Waals surface area (Å²) in [5.74, 6) is -1.17. The number of rotatable bonds is 4. The number of nitrogens with one attached hydrogen (secondary N) is 1. The molecular formula is C21H22ClN3O3. The Morgan fingerprint density at radius 3 is 2.50 bits per heavy atom. The molecular weight excluding hydrogens is 378 g/mol. The molecule has 2 aromatic carbocycles. The zero-order valence-corrected chi connectivity index (χ0v) is 16.3. The predicted molar refractivity (Wildman–Crippen MR) is 108 cm³/mol. The first-order chi connectivity index (χ1) is 13.3. The first-order valence-electron chi connectivity index (χ1n) is 9.11. The minimum atomic E-state index is -0.625. The number of anilines is 1. The molecule has 7 heteroatoms. The molecule has 1 atom stereocenters. The standard InChI is InChI=1S/C21H22ClN3O3/c1-13-4-6-14(7-5-13)21(28)25-10-2-3-15(12-25)20(27)24-16-8-9-17(19(23)26)18(22)11-16/h4-9,11,15H,2-3,10,12H2,1H3,(H2,23,26)(H,24,27). The Balaban J connectivity index is 1.66. The molecule has 0 saturated carbocycles. The monoisotopic (exact) mass is 399 g/mol. The maximum Gasteiger partial charge on any atom is 0.253 e. The molecule has 2 aromatic rings. The van der Waals surface area contributed by atoms with Crippen LogP contribution in [0.15, 0.2) is 42.5 Å². The van der Waals surface area contributed by atoms with Gasteiger partial charge >= 0.3 is 0 Å². The Bertz CT molecular complexity index is 912. The molecule has 0 aliphatic carbocycles. The molecule has 1 aliphatic heterocycles. The minimum absolute atomic E-state index is 0.0636. The fourth-order valence-electron chi connectivity index (χ4n) is 3.29. The van der Waals surface area contributed by atoms with E-state index in [0.717, 1.165) is 12.0 Å². The zero-order chi connectivity index (χ0) is 20.3. The average molecular weight is 400 g/mol. The lowest BCUT2D eigenvalue weighted by molar-refractivity contribution is -0.121. The molecule has 1 unspecified atom stereocenters. The van der Waals surface area contributed by atoms with E-state index in [1.54, 1.807) is 11.0 Å². The lowest BCUT2D eigenvalue weighted by Crippen LogP contribution is -2.43. The number of nitrogens with two attached hydrogens (primary N) is 1. The lowest BCUT2D eigenvalue weighted by atomic mass is 9.96. The normalized spacial score (nSPS) is 16.5. The van der Waals surface area contributed by atoms with Gasteiger partial charge in [-0.3, -0.25) is 14.4 Å². The number of carbonyl (C=O) groups is 3. The molecule has 1 aliphatic rings. The van der Waals surface area contributed by atoms with Crippen LogP contribution in [0.1, 0.15) is 39.1 Å². The van der Waals surface area contributed by atoms with Gasteiger partial charge in [-0.25, -0.2) is 0 Å². The van der Waals surface area contributed by atoms with Crippen molar-refractivity contribution in [3.8, 4) is 0 Å². The SMILES string of the molecule is Cc1ccc(C(=O)N2CCCC(C(=O)Nc3ccc(C(N)=O)c(Cl)c3)C2)cc1. The van der Waals surface area contributed by atoms with Crippen molar-refractivity contribution in [2.24, 2.45) is 11.7 Å². The summed E-state index contributed by atoms with van der Waals surface area (Å²) >= 11 is 6.03. The summed E-state index contributed by atoms with van der Waals surface area (Å²) in [6.07, 6.45) is 1.47. The average Bonchev–Trinajstić information content (AvgIpc) is 2.68. The molecule has 1 heterocycles. The summed E-state index contributed by atoms with van der Waals surface area (Å²) in [6, 6.07) is 12.0. The fraction of sp³-hybridized carbons (Fsp3) is 0.286. The molecule has 28 heavy (non-hydrogen) atoms. The molecule has 0 radical (unpaired) electrons. The first kappa shape index (κ1) is 19.9. The molecule has 6 nitrogen and oxygen atoms in total. The van der Waals surface area contributed by atoms with Gasteiger partial charge in [0.25, 0.3) is 5.91 Å². The van der Waals surface area contributed by atoms with Crippen LogP contribution in [0.2, 0.25) is 5.02 Å². The lowest BCUT2D eigenvalue weighted by Gasteiger charge is -2.32.